The van der Waals surface area contributed by atoms with Crippen molar-refractivity contribution in [1.82, 2.24) is 5.32 Å². The minimum atomic E-state index is -1.12. The van der Waals surface area contributed by atoms with E-state index in [4.69, 9.17) is 5.73 Å². The van der Waals surface area contributed by atoms with Crippen LogP contribution in [0.5, 0.6) is 0 Å². The van der Waals surface area contributed by atoms with E-state index >= 15 is 0 Å². The van der Waals surface area contributed by atoms with Gasteiger partial charge in [-0.2, -0.15) is 0 Å². The van der Waals surface area contributed by atoms with Gasteiger partial charge in [-0.3, -0.25) is 15.3 Å². The number of rotatable bonds is 3. The highest BCUT2D eigenvalue weighted by Gasteiger charge is 2.35. The van der Waals surface area contributed by atoms with Crippen molar-refractivity contribution in [3.8, 4) is 0 Å². The Bertz CT molecular complexity index is 242. The van der Waals surface area contributed by atoms with Crippen LogP contribution in [0.4, 0.5) is 0 Å². The molecule has 0 aromatic carbocycles. The molecule has 12 heavy (non-hydrogen) atoms. The van der Waals surface area contributed by atoms with Crippen molar-refractivity contribution >= 4 is 23.3 Å². The van der Waals surface area contributed by atoms with E-state index < -0.39 is 4.99 Å². The Kier molecular flexibility index (Phi) is 2.54. The Balaban J connectivity index is 2.57. The fourth-order valence-corrected chi connectivity index (χ4v) is 1.53. The molecule has 1 aliphatic heterocycles. The van der Waals surface area contributed by atoms with Crippen LogP contribution in [0.3, 0.4) is 0 Å². The van der Waals surface area contributed by atoms with E-state index in [0.717, 1.165) is 0 Å². The largest absolute Gasteiger partial charge is 0.358 e. The molecule has 1 rings (SSSR count). The third kappa shape index (κ3) is 1.86. The molecule has 0 aliphatic carbocycles. The van der Waals surface area contributed by atoms with Gasteiger partial charge in [-0.15, -0.1) is 0 Å². The van der Waals surface area contributed by atoms with Crippen molar-refractivity contribution < 1.29 is 9.59 Å². The molecule has 0 radical (unpaired) electrons. The highest BCUT2D eigenvalue weighted by molar-refractivity contribution is 8.04. The van der Waals surface area contributed by atoms with Gasteiger partial charge in [0.2, 0.25) is 0 Å². The predicted octanol–water partition coefficient (Wildman–Crippen LogP) is -0.0453. The zero-order chi connectivity index (χ0) is 9.19. The molecule has 0 amide bonds. The molecule has 1 atom stereocenters. The van der Waals surface area contributed by atoms with Crippen LogP contribution >= 0.6 is 11.8 Å². The minimum Gasteiger partial charge on any atom is -0.358 e. The molecule has 0 saturated carbocycles. The molecule has 0 bridgehead atoms. The molecule has 5 heteroatoms. The number of hydrogen-bond acceptors (Lipinski definition) is 5. The summed E-state index contributed by atoms with van der Waals surface area (Å²) in [6.45, 7) is 1.37. The molecule has 0 fully saturated rings. The predicted molar refractivity (Wildman–Crippen MR) is 47.1 cm³/mol. The van der Waals surface area contributed by atoms with Gasteiger partial charge in [-0.25, -0.2) is 0 Å². The number of carbonyl (C=O) groups is 2. The maximum atomic E-state index is 11.3. The summed E-state index contributed by atoms with van der Waals surface area (Å²) in [7, 11) is 0. The summed E-state index contributed by atoms with van der Waals surface area (Å²) in [5.74, 6) is -0.455. The normalized spacial score (nSPS) is 26.8. The van der Waals surface area contributed by atoms with Crippen LogP contribution in [0, 0.1) is 0 Å². The van der Waals surface area contributed by atoms with Crippen molar-refractivity contribution in [2.45, 2.75) is 18.3 Å². The van der Waals surface area contributed by atoms with E-state index in [1.54, 1.807) is 11.6 Å². The van der Waals surface area contributed by atoms with Gasteiger partial charge in [-0.1, -0.05) is 11.8 Å². The van der Waals surface area contributed by atoms with Crippen molar-refractivity contribution in [2.24, 2.45) is 5.73 Å². The molecule has 1 heterocycles. The summed E-state index contributed by atoms with van der Waals surface area (Å²) >= 11 is 1.18. The SMILES string of the molecule is CC(=O)CC(=O)C1(N)NC=CS1. The molecule has 66 valence electrons. The van der Waals surface area contributed by atoms with Gasteiger partial charge >= 0.3 is 0 Å². The summed E-state index contributed by atoms with van der Waals surface area (Å²) in [6.07, 6.45) is 1.49. The smallest absolute Gasteiger partial charge is 0.199 e. The molecule has 0 spiro atoms. The second kappa shape index (κ2) is 3.28. The lowest BCUT2D eigenvalue weighted by Crippen LogP contribution is -2.53. The lowest BCUT2D eigenvalue weighted by molar-refractivity contribution is -0.127. The Morgan fingerprint density at radius 3 is 2.75 bits per heavy atom. The summed E-state index contributed by atoms with van der Waals surface area (Å²) in [5.41, 5.74) is 5.64. The third-order valence-corrected chi connectivity index (χ3v) is 2.43. The topological polar surface area (TPSA) is 72.2 Å². The highest BCUT2D eigenvalue weighted by atomic mass is 32.2. The van der Waals surface area contributed by atoms with Crippen LogP contribution in [0.25, 0.3) is 0 Å². The molecule has 1 unspecified atom stereocenters. The highest BCUT2D eigenvalue weighted by Crippen LogP contribution is 2.24. The van der Waals surface area contributed by atoms with Crippen LogP contribution in [0.1, 0.15) is 13.3 Å². The molecular formula is C7H10N2O2S. The first-order valence-corrected chi connectivity index (χ1v) is 4.35. The average Bonchev–Trinajstić information content (AvgIpc) is 2.36. The van der Waals surface area contributed by atoms with Gasteiger partial charge in [0.25, 0.3) is 0 Å². The van der Waals surface area contributed by atoms with Crippen LogP contribution in [0.2, 0.25) is 0 Å². The van der Waals surface area contributed by atoms with Crippen LogP contribution in [0.15, 0.2) is 11.6 Å². The van der Waals surface area contributed by atoms with Crippen LogP contribution < -0.4 is 11.1 Å². The number of hydrogen-bond donors (Lipinski definition) is 2. The Labute approximate surface area is 74.6 Å². The first-order chi connectivity index (χ1) is 5.54. The Hall–Kier alpha value is -0.810. The zero-order valence-electron chi connectivity index (χ0n) is 6.66. The van der Waals surface area contributed by atoms with E-state index in [0.29, 0.717) is 0 Å². The van der Waals surface area contributed by atoms with Crippen molar-refractivity contribution in [3.63, 3.8) is 0 Å². The molecule has 1 aliphatic rings. The summed E-state index contributed by atoms with van der Waals surface area (Å²) in [5, 5.41) is 4.39. The van der Waals surface area contributed by atoms with Gasteiger partial charge in [0, 0.05) is 6.20 Å². The summed E-state index contributed by atoms with van der Waals surface area (Å²) in [6, 6.07) is 0. The van der Waals surface area contributed by atoms with Gasteiger partial charge in [0.15, 0.2) is 10.8 Å². The lowest BCUT2D eigenvalue weighted by atomic mass is 10.2. The molecule has 3 N–H and O–H groups in total. The molecule has 0 aromatic rings. The number of nitrogens with one attached hydrogen (secondary N) is 1. The zero-order valence-corrected chi connectivity index (χ0v) is 7.48. The van der Waals surface area contributed by atoms with E-state index in [1.807, 2.05) is 0 Å². The summed E-state index contributed by atoms with van der Waals surface area (Å²) in [4.78, 5) is 20.8. The lowest BCUT2D eigenvalue weighted by Gasteiger charge is -2.20. The standard InChI is InChI=1S/C7H10N2O2S/c1-5(10)4-6(11)7(8)9-2-3-12-7/h2-3,9H,4,8H2,1H3. The van der Waals surface area contributed by atoms with E-state index in [9.17, 15) is 9.59 Å². The molecule has 4 nitrogen and oxygen atoms in total. The maximum absolute atomic E-state index is 11.3. The first kappa shape index (κ1) is 9.28. The van der Waals surface area contributed by atoms with Gasteiger partial charge in [-0.05, 0) is 12.3 Å². The number of ketones is 2. The molecular weight excluding hydrogens is 176 g/mol. The van der Waals surface area contributed by atoms with Crippen molar-refractivity contribution in [1.29, 1.82) is 0 Å². The average molecular weight is 186 g/mol. The molecule has 0 aromatic heterocycles. The fourth-order valence-electron chi connectivity index (χ4n) is 0.837. The van der Waals surface area contributed by atoms with Gasteiger partial charge in [0.05, 0.1) is 6.42 Å². The number of Topliss-reactive ketones (excluding diaryl/α,β-unsaturated/α-hetero) is 2. The van der Waals surface area contributed by atoms with Gasteiger partial charge < -0.3 is 5.32 Å². The Morgan fingerprint density at radius 1 is 1.67 bits per heavy atom. The number of nitrogens with two attached hydrogens (primary N) is 1. The van der Waals surface area contributed by atoms with Crippen molar-refractivity contribution in [2.75, 3.05) is 0 Å². The van der Waals surface area contributed by atoms with E-state index in [1.165, 1.54) is 18.7 Å². The van der Waals surface area contributed by atoms with Crippen LogP contribution in [-0.2, 0) is 9.59 Å². The molecule has 0 saturated heterocycles. The van der Waals surface area contributed by atoms with E-state index in [2.05, 4.69) is 5.32 Å². The third-order valence-electron chi connectivity index (χ3n) is 1.44. The fraction of sp³-hybridized carbons (Fsp3) is 0.429. The summed E-state index contributed by atoms with van der Waals surface area (Å²) < 4.78 is 0. The number of thioether (sulfide) groups is 1. The minimum absolute atomic E-state index is 0.113. The maximum Gasteiger partial charge on any atom is 0.199 e. The Morgan fingerprint density at radius 2 is 2.33 bits per heavy atom. The quantitative estimate of drug-likeness (QED) is 0.605. The second-order valence-electron chi connectivity index (χ2n) is 2.60. The van der Waals surface area contributed by atoms with Gasteiger partial charge in [0.1, 0.15) is 5.78 Å². The van der Waals surface area contributed by atoms with E-state index in [-0.39, 0.29) is 18.0 Å². The van der Waals surface area contributed by atoms with Crippen LogP contribution in [-0.4, -0.2) is 16.6 Å². The second-order valence-corrected chi connectivity index (χ2v) is 3.75. The van der Waals surface area contributed by atoms with Crippen molar-refractivity contribution in [3.05, 3.63) is 11.6 Å². The monoisotopic (exact) mass is 186 g/mol. The number of carbonyl (C=O) groups excluding carboxylic acids is 2. The first-order valence-electron chi connectivity index (χ1n) is 3.47.